The summed E-state index contributed by atoms with van der Waals surface area (Å²) in [6.45, 7) is 7.10. The van der Waals surface area contributed by atoms with E-state index < -0.39 is 0 Å². The van der Waals surface area contributed by atoms with Gasteiger partial charge >= 0.3 is 0 Å². The van der Waals surface area contributed by atoms with E-state index in [0.717, 1.165) is 6.54 Å². The summed E-state index contributed by atoms with van der Waals surface area (Å²) in [5.41, 5.74) is 0.453. The van der Waals surface area contributed by atoms with Gasteiger partial charge in [0.15, 0.2) is 0 Å². The molecule has 0 aliphatic heterocycles. The normalized spacial score (nSPS) is 31.1. The Kier molecular flexibility index (Phi) is 2.55. The summed E-state index contributed by atoms with van der Waals surface area (Å²) in [5.74, 6) is 0. The lowest BCUT2D eigenvalue weighted by Crippen LogP contribution is -2.51. The van der Waals surface area contributed by atoms with Crippen LogP contribution in [0, 0.1) is 5.41 Å². The van der Waals surface area contributed by atoms with E-state index in [1.807, 2.05) is 6.92 Å². The van der Waals surface area contributed by atoms with E-state index in [4.69, 9.17) is 5.11 Å². The lowest BCUT2D eigenvalue weighted by molar-refractivity contribution is 0.0911. The van der Waals surface area contributed by atoms with Gasteiger partial charge in [-0.1, -0.05) is 13.8 Å². The van der Waals surface area contributed by atoms with Gasteiger partial charge in [-0.15, -0.1) is 0 Å². The summed E-state index contributed by atoms with van der Waals surface area (Å²) in [4.78, 5) is 0. The Morgan fingerprint density at radius 2 is 2.27 bits per heavy atom. The van der Waals surface area contributed by atoms with Gasteiger partial charge in [0.05, 0.1) is 6.10 Å². The minimum Gasteiger partial charge on any atom is -0.392 e. The highest BCUT2D eigenvalue weighted by Crippen LogP contribution is 2.39. The topological polar surface area (TPSA) is 32.3 Å². The van der Waals surface area contributed by atoms with Crippen LogP contribution in [0.15, 0.2) is 0 Å². The zero-order chi connectivity index (χ0) is 8.48. The molecule has 0 bridgehead atoms. The maximum atomic E-state index is 9.03. The van der Waals surface area contributed by atoms with E-state index in [1.54, 1.807) is 0 Å². The third kappa shape index (κ3) is 2.17. The minimum atomic E-state index is -0.216. The molecule has 1 aliphatic rings. The Morgan fingerprint density at radius 1 is 1.64 bits per heavy atom. The van der Waals surface area contributed by atoms with Crippen molar-refractivity contribution in [2.24, 2.45) is 5.41 Å². The molecule has 2 N–H and O–H groups in total. The Balaban J connectivity index is 2.18. The Morgan fingerprint density at radius 3 is 2.55 bits per heavy atom. The zero-order valence-corrected chi connectivity index (χ0v) is 7.72. The van der Waals surface area contributed by atoms with Crippen LogP contribution in [0.25, 0.3) is 0 Å². The first kappa shape index (κ1) is 9.01. The van der Waals surface area contributed by atoms with Gasteiger partial charge in [0.1, 0.15) is 0 Å². The van der Waals surface area contributed by atoms with E-state index in [2.05, 4.69) is 19.2 Å². The molecule has 0 aromatic carbocycles. The quantitative estimate of drug-likeness (QED) is 0.644. The summed E-state index contributed by atoms with van der Waals surface area (Å²) < 4.78 is 0. The van der Waals surface area contributed by atoms with E-state index in [9.17, 15) is 0 Å². The smallest absolute Gasteiger partial charge is 0.0636 e. The maximum absolute atomic E-state index is 9.03. The molecule has 66 valence electrons. The molecule has 0 radical (unpaired) electrons. The average Bonchev–Trinajstić information content (AvgIpc) is 1.85. The molecule has 0 amide bonds. The third-order valence-corrected chi connectivity index (χ3v) is 2.68. The highest BCUT2D eigenvalue weighted by molar-refractivity contribution is 4.94. The summed E-state index contributed by atoms with van der Waals surface area (Å²) in [6, 6.07) is 0.622. The minimum absolute atomic E-state index is 0.216. The molecule has 1 rings (SSSR count). The van der Waals surface area contributed by atoms with Gasteiger partial charge in [-0.3, -0.25) is 0 Å². The monoisotopic (exact) mass is 157 g/mol. The number of aliphatic hydroxyl groups excluding tert-OH is 1. The molecule has 0 aromatic heterocycles. The van der Waals surface area contributed by atoms with Gasteiger partial charge in [0.25, 0.3) is 0 Å². The lowest BCUT2D eigenvalue weighted by atomic mass is 9.67. The molecule has 2 heteroatoms. The van der Waals surface area contributed by atoms with Gasteiger partial charge in [0, 0.05) is 12.6 Å². The van der Waals surface area contributed by atoms with Gasteiger partial charge in [-0.05, 0) is 25.2 Å². The van der Waals surface area contributed by atoms with Crippen LogP contribution in [-0.4, -0.2) is 23.8 Å². The summed E-state index contributed by atoms with van der Waals surface area (Å²) in [5, 5.41) is 12.4. The van der Waals surface area contributed by atoms with E-state index in [1.165, 1.54) is 12.8 Å². The van der Waals surface area contributed by atoms with Crippen LogP contribution in [-0.2, 0) is 0 Å². The molecule has 2 nitrogen and oxygen atoms in total. The van der Waals surface area contributed by atoms with Crippen LogP contribution in [0.1, 0.15) is 33.6 Å². The van der Waals surface area contributed by atoms with Crippen molar-refractivity contribution in [2.75, 3.05) is 6.54 Å². The summed E-state index contributed by atoms with van der Waals surface area (Å²) in [7, 11) is 0. The Bertz CT molecular complexity index is 132. The van der Waals surface area contributed by atoms with Crippen molar-refractivity contribution in [3.63, 3.8) is 0 Å². The Labute approximate surface area is 69.0 Å². The molecule has 0 saturated heterocycles. The van der Waals surface area contributed by atoms with Crippen molar-refractivity contribution in [2.45, 2.75) is 45.8 Å². The van der Waals surface area contributed by atoms with Crippen molar-refractivity contribution in [3.05, 3.63) is 0 Å². The molecule has 1 fully saturated rings. The average molecular weight is 157 g/mol. The molecule has 1 saturated carbocycles. The van der Waals surface area contributed by atoms with Crippen molar-refractivity contribution in [3.8, 4) is 0 Å². The molecule has 1 unspecified atom stereocenters. The highest BCUT2D eigenvalue weighted by atomic mass is 16.3. The fraction of sp³-hybridized carbons (Fsp3) is 1.00. The van der Waals surface area contributed by atoms with Crippen LogP contribution in [0.2, 0.25) is 0 Å². The zero-order valence-electron chi connectivity index (χ0n) is 7.72. The molecule has 11 heavy (non-hydrogen) atoms. The number of nitrogens with one attached hydrogen (secondary N) is 1. The number of hydrogen-bond donors (Lipinski definition) is 2. The van der Waals surface area contributed by atoms with Crippen LogP contribution >= 0.6 is 0 Å². The van der Waals surface area contributed by atoms with Gasteiger partial charge < -0.3 is 10.4 Å². The second-order valence-electron chi connectivity index (χ2n) is 4.34. The van der Waals surface area contributed by atoms with E-state index in [0.29, 0.717) is 11.5 Å². The fourth-order valence-electron chi connectivity index (χ4n) is 1.56. The van der Waals surface area contributed by atoms with Crippen molar-refractivity contribution in [1.82, 2.24) is 5.32 Å². The number of rotatable bonds is 3. The second kappa shape index (κ2) is 3.11. The molecule has 2 atom stereocenters. The van der Waals surface area contributed by atoms with E-state index in [-0.39, 0.29) is 6.10 Å². The molecule has 0 aromatic rings. The first-order valence-corrected chi connectivity index (χ1v) is 4.44. The van der Waals surface area contributed by atoms with Crippen LogP contribution in [0.3, 0.4) is 0 Å². The van der Waals surface area contributed by atoms with Crippen LogP contribution < -0.4 is 5.32 Å². The SMILES string of the molecule is C[C@@H](O)CNC1CCC1(C)C. The predicted molar refractivity (Wildman–Crippen MR) is 46.5 cm³/mol. The van der Waals surface area contributed by atoms with Gasteiger partial charge in [-0.2, -0.15) is 0 Å². The van der Waals surface area contributed by atoms with Crippen LogP contribution in [0.4, 0.5) is 0 Å². The van der Waals surface area contributed by atoms with Crippen molar-refractivity contribution in [1.29, 1.82) is 0 Å². The molecule has 0 heterocycles. The first-order valence-electron chi connectivity index (χ1n) is 4.44. The Hall–Kier alpha value is -0.0800. The summed E-state index contributed by atoms with van der Waals surface area (Å²) >= 11 is 0. The van der Waals surface area contributed by atoms with Crippen molar-refractivity contribution < 1.29 is 5.11 Å². The number of aliphatic hydroxyl groups is 1. The standard InChI is InChI=1S/C9H19NO/c1-7(11)6-10-8-4-5-9(8,2)3/h7-8,10-11H,4-6H2,1-3H3/t7-,8?/m1/s1. The fourth-order valence-corrected chi connectivity index (χ4v) is 1.56. The predicted octanol–water partition coefficient (Wildman–Crippen LogP) is 1.15. The molecule has 0 spiro atoms. The second-order valence-corrected chi connectivity index (χ2v) is 4.34. The highest BCUT2D eigenvalue weighted by Gasteiger charge is 2.37. The lowest BCUT2D eigenvalue weighted by Gasteiger charge is -2.45. The maximum Gasteiger partial charge on any atom is 0.0636 e. The van der Waals surface area contributed by atoms with E-state index >= 15 is 0 Å². The number of hydrogen-bond acceptors (Lipinski definition) is 2. The molecular formula is C9H19NO. The molecular weight excluding hydrogens is 138 g/mol. The molecule has 1 aliphatic carbocycles. The van der Waals surface area contributed by atoms with Gasteiger partial charge in [0.2, 0.25) is 0 Å². The van der Waals surface area contributed by atoms with Crippen molar-refractivity contribution >= 4 is 0 Å². The largest absolute Gasteiger partial charge is 0.392 e. The first-order chi connectivity index (χ1) is 5.02. The van der Waals surface area contributed by atoms with Gasteiger partial charge in [-0.25, -0.2) is 0 Å². The third-order valence-electron chi connectivity index (χ3n) is 2.68. The summed E-state index contributed by atoms with van der Waals surface area (Å²) in [6.07, 6.45) is 2.36. The van der Waals surface area contributed by atoms with Crippen LogP contribution in [0.5, 0.6) is 0 Å².